The Morgan fingerprint density at radius 2 is 1.95 bits per heavy atom. The molecule has 2 aliphatic carbocycles. The fourth-order valence-corrected chi connectivity index (χ4v) is 8.18. The molecular formula is C35H41Cl2N3O4. The van der Waals surface area contributed by atoms with E-state index in [1.807, 2.05) is 30.5 Å². The van der Waals surface area contributed by atoms with Crippen molar-refractivity contribution in [2.45, 2.75) is 82.3 Å². The molecule has 1 spiro atoms. The number of anilines is 1. The predicted molar refractivity (Wildman–Crippen MR) is 174 cm³/mol. The molecule has 1 fully saturated rings. The number of aryl methyl sites for hydroxylation is 1. The van der Waals surface area contributed by atoms with Crippen LogP contribution in [0.5, 0.6) is 11.5 Å². The predicted octanol–water partition coefficient (Wildman–Crippen LogP) is 8.07. The van der Waals surface area contributed by atoms with Gasteiger partial charge in [-0.2, -0.15) is 0 Å². The van der Waals surface area contributed by atoms with Crippen LogP contribution in [0.2, 0.25) is 10.0 Å². The Kier molecular flexibility index (Phi) is 8.75. The van der Waals surface area contributed by atoms with Crippen LogP contribution >= 0.6 is 23.2 Å². The number of carboxylic acid groups (broad SMARTS) is 1. The van der Waals surface area contributed by atoms with Gasteiger partial charge in [-0.1, -0.05) is 43.1 Å². The zero-order chi connectivity index (χ0) is 31.1. The maximum Gasteiger partial charge on any atom is 0.329 e. The Bertz CT molecular complexity index is 1540. The third-order valence-corrected chi connectivity index (χ3v) is 10.6. The summed E-state index contributed by atoms with van der Waals surface area (Å²) in [5, 5.41) is 15.0. The maximum atomic E-state index is 12.8. The summed E-state index contributed by atoms with van der Waals surface area (Å²) in [6.07, 6.45) is 7.48. The molecule has 234 valence electrons. The van der Waals surface area contributed by atoms with E-state index in [1.165, 1.54) is 28.8 Å². The first-order valence-electron chi connectivity index (χ1n) is 15.6. The van der Waals surface area contributed by atoms with Crippen LogP contribution in [0.4, 0.5) is 5.69 Å². The highest BCUT2D eigenvalue weighted by Gasteiger charge is 2.53. The van der Waals surface area contributed by atoms with E-state index >= 15 is 0 Å². The van der Waals surface area contributed by atoms with Gasteiger partial charge in [-0.15, -0.1) is 0 Å². The van der Waals surface area contributed by atoms with Crippen LogP contribution in [0, 0.1) is 5.92 Å². The number of methoxy groups -OCH3 is 1. The number of rotatable bonds is 9. The fraction of sp³-hybridized carbons (Fsp3) is 0.486. The monoisotopic (exact) mass is 637 g/mol. The van der Waals surface area contributed by atoms with Gasteiger partial charge in [0.2, 0.25) is 0 Å². The number of aromatic nitrogens is 1. The third-order valence-electron chi connectivity index (χ3n) is 10.0. The van der Waals surface area contributed by atoms with Crippen molar-refractivity contribution in [1.29, 1.82) is 0 Å². The highest BCUT2D eigenvalue weighted by molar-refractivity contribution is 6.32. The second kappa shape index (κ2) is 12.4. The van der Waals surface area contributed by atoms with Crippen LogP contribution in [-0.4, -0.2) is 46.8 Å². The number of aliphatic carboxylic acids is 1. The van der Waals surface area contributed by atoms with E-state index in [9.17, 15) is 9.90 Å². The van der Waals surface area contributed by atoms with Crippen molar-refractivity contribution in [3.63, 3.8) is 0 Å². The highest BCUT2D eigenvalue weighted by atomic mass is 35.5. The van der Waals surface area contributed by atoms with Crippen molar-refractivity contribution < 1.29 is 19.4 Å². The lowest BCUT2D eigenvalue weighted by atomic mass is 9.69. The highest BCUT2D eigenvalue weighted by Crippen LogP contribution is 2.53. The molecule has 2 aromatic carbocycles. The van der Waals surface area contributed by atoms with E-state index in [4.69, 9.17) is 32.7 Å². The molecule has 0 amide bonds. The zero-order valence-electron chi connectivity index (χ0n) is 25.7. The molecule has 44 heavy (non-hydrogen) atoms. The van der Waals surface area contributed by atoms with Crippen molar-refractivity contribution in [1.82, 2.24) is 9.88 Å². The van der Waals surface area contributed by atoms with Crippen LogP contribution in [0.3, 0.4) is 0 Å². The van der Waals surface area contributed by atoms with E-state index in [0.29, 0.717) is 59.7 Å². The van der Waals surface area contributed by atoms with Crippen LogP contribution in [-0.2, 0) is 23.3 Å². The molecule has 0 bridgehead atoms. The molecule has 0 unspecified atom stereocenters. The quantitative estimate of drug-likeness (QED) is 0.245. The van der Waals surface area contributed by atoms with Crippen molar-refractivity contribution >= 4 is 34.9 Å². The third kappa shape index (κ3) is 5.75. The first-order valence-corrected chi connectivity index (χ1v) is 16.4. The van der Waals surface area contributed by atoms with E-state index in [-0.39, 0.29) is 11.5 Å². The minimum atomic E-state index is -1.09. The summed E-state index contributed by atoms with van der Waals surface area (Å²) in [6.45, 7) is 6.63. The number of halogens is 2. The van der Waals surface area contributed by atoms with Crippen molar-refractivity contribution in [2.75, 3.05) is 25.6 Å². The lowest BCUT2D eigenvalue weighted by Crippen LogP contribution is -2.55. The van der Waals surface area contributed by atoms with Gasteiger partial charge in [-0.3, -0.25) is 9.88 Å². The fourth-order valence-electron chi connectivity index (χ4n) is 7.72. The number of ether oxygens (including phenoxy) is 2. The SMILES string of the molecule is COc1cc2c(cc1Cl)CN(C[C@@H](C)COc1ccnc3c1[C@H](C)CCC3)C21CCC(Nc2cccc(Cl)c2)(C(=O)O)CC1. The molecule has 9 heteroatoms. The van der Waals surface area contributed by atoms with Crippen molar-refractivity contribution in [3.8, 4) is 11.5 Å². The van der Waals surface area contributed by atoms with Gasteiger partial charge in [0.25, 0.3) is 0 Å². The first-order chi connectivity index (χ1) is 21.1. The molecule has 1 saturated carbocycles. The number of hydrogen-bond acceptors (Lipinski definition) is 6. The summed E-state index contributed by atoms with van der Waals surface area (Å²) >= 11 is 12.8. The normalized spacial score (nSPS) is 25.2. The van der Waals surface area contributed by atoms with Gasteiger partial charge in [0, 0.05) is 52.7 Å². The second-order valence-electron chi connectivity index (χ2n) is 13.0. The summed E-state index contributed by atoms with van der Waals surface area (Å²) in [4.78, 5) is 20.0. The second-order valence-corrected chi connectivity index (χ2v) is 13.8. The summed E-state index contributed by atoms with van der Waals surface area (Å²) in [5.41, 5.74) is 4.09. The van der Waals surface area contributed by atoms with E-state index in [2.05, 4.69) is 35.1 Å². The van der Waals surface area contributed by atoms with Crippen LogP contribution in [0.15, 0.2) is 48.7 Å². The number of fused-ring (bicyclic) bond motifs is 3. The largest absolute Gasteiger partial charge is 0.495 e. The molecule has 6 rings (SSSR count). The van der Waals surface area contributed by atoms with Gasteiger partial charge in [-0.05, 0) is 98.4 Å². The molecule has 1 aromatic heterocycles. The maximum absolute atomic E-state index is 12.8. The van der Waals surface area contributed by atoms with E-state index in [0.717, 1.165) is 31.7 Å². The Hall–Kier alpha value is -3.00. The van der Waals surface area contributed by atoms with E-state index in [1.54, 1.807) is 19.2 Å². The number of pyridine rings is 1. The number of nitrogens with one attached hydrogen (secondary N) is 1. The number of benzene rings is 2. The van der Waals surface area contributed by atoms with Crippen LogP contribution < -0.4 is 14.8 Å². The van der Waals surface area contributed by atoms with Crippen molar-refractivity contribution in [3.05, 3.63) is 81.1 Å². The lowest BCUT2D eigenvalue weighted by molar-refractivity contribution is -0.145. The van der Waals surface area contributed by atoms with Gasteiger partial charge in [-0.25, -0.2) is 4.79 Å². The molecule has 2 heterocycles. The summed E-state index contributed by atoms with van der Waals surface area (Å²) in [5.74, 6) is 1.44. The van der Waals surface area contributed by atoms with Crippen molar-refractivity contribution in [2.24, 2.45) is 5.92 Å². The number of hydrogen-bond donors (Lipinski definition) is 2. The topological polar surface area (TPSA) is 83.9 Å². The molecule has 3 aliphatic rings. The minimum absolute atomic E-state index is 0.233. The molecule has 0 radical (unpaired) electrons. The Morgan fingerprint density at radius 3 is 2.68 bits per heavy atom. The summed E-state index contributed by atoms with van der Waals surface area (Å²) in [6, 6.07) is 13.4. The Labute approximate surface area is 269 Å². The van der Waals surface area contributed by atoms with Crippen LogP contribution in [0.1, 0.15) is 80.7 Å². The number of nitrogens with zero attached hydrogens (tertiary/aromatic N) is 2. The van der Waals surface area contributed by atoms with Gasteiger partial charge >= 0.3 is 5.97 Å². The average Bonchev–Trinajstić information content (AvgIpc) is 3.27. The summed E-state index contributed by atoms with van der Waals surface area (Å²) in [7, 11) is 1.64. The molecular weight excluding hydrogens is 597 g/mol. The molecule has 2 atom stereocenters. The smallest absolute Gasteiger partial charge is 0.329 e. The Balaban J connectivity index is 1.24. The molecule has 0 saturated heterocycles. The Morgan fingerprint density at radius 1 is 1.16 bits per heavy atom. The summed E-state index contributed by atoms with van der Waals surface area (Å²) < 4.78 is 12.1. The zero-order valence-corrected chi connectivity index (χ0v) is 27.2. The molecule has 1 aliphatic heterocycles. The van der Waals surface area contributed by atoms with E-state index < -0.39 is 11.5 Å². The number of carboxylic acids is 1. The van der Waals surface area contributed by atoms with Gasteiger partial charge in [0.15, 0.2) is 0 Å². The van der Waals surface area contributed by atoms with Gasteiger partial charge < -0.3 is 19.9 Å². The van der Waals surface area contributed by atoms with Crippen LogP contribution in [0.25, 0.3) is 0 Å². The van der Waals surface area contributed by atoms with Gasteiger partial charge in [0.05, 0.1) is 18.7 Å². The number of carbonyl (C=O) groups is 1. The standard InChI is InChI=1S/C35H41Cl2N3O4/c1-22(21-44-30-10-15-38-29-9-4-6-23(2)32(29)30)19-40-20-24-16-28(37)31(43-3)18-27(24)35(40)13-11-34(12-14-35,33(41)42)39-26-8-5-7-25(36)17-26/h5,7-8,10,15-18,22-23,39H,4,6,9,11-14,19-21H2,1-3H3,(H,41,42)/t22-,23-,34?,35?/m1/s1. The average molecular weight is 639 g/mol. The minimum Gasteiger partial charge on any atom is -0.495 e. The molecule has 3 aromatic rings. The molecule has 2 N–H and O–H groups in total. The lowest BCUT2D eigenvalue weighted by Gasteiger charge is -2.48. The molecule has 7 nitrogen and oxygen atoms in total. The van der Waals surface area contributed by atoms with Gasteiger partial charge in [0.1, 0.15) is 17.0 Å². The first kappa shape index (κ1) is 31.0.